The quantitative estimate of drug-likeness (QED) is 0.739. The average molecular weight is 226 g/mol. The van der Waals surface area contributed by atoms with Crippen LogP contribution in [-0.4, -0.2) is 31.3 Å². The summed E-state index contributed by atoms with van der Waals surface area (Å²) >= 11 is 0. The number of halogens is 2. The van der Waals surface area contributed by atoms with Crippen molar-refractivity contribution >= 4 is 18.4 Å². The first kappa shape index (κ1) is 13.7. The maximum Gasteiger partial charge on any atom is 0.342 e. The van der Waals surface area contributed by atoms with Gasteiger partial charge in [-0.05, 0) is 26.3 Å². The van der Waals surface area contributed by atoms with Gasteiger partial charge in [0.15, 0.2) is 0 Å². The van der Waals surface area contributed by atoms with Gasteiger partial charge in [-0.25, -0.2) is 9.18 Å². The van der Waals surface area contributed by atoms with Crippen LogP contribution in [0.3, 0.4) is 0 Å². The predicted molar refractivity (Wildman–Crippen MR) is 54.4 cm³/mol. The third-order valence-electron chi connectivity index (χ3n) is 2.21. The number of rotatable bonds is 3. The lowest BCUT2D eigenvalue weighted by atomic mass is 10.0. The molecule has 0 saturated carbocycles. The number of carbonyl (C=O) groups excluding carboxylic acids is 1. The highest BCUT2D eigenvalue weighted by Crippen LogP contribution is 2.13. The molecule has 0 spiro atoms. The molecule has 3 nitrogen and oxygen atoms in total. The minimum atomic E-state index is -1.50. The Hall–Kier alpha value is -0.350. The zero-order valence-corrected chi connectivity index (χ0v) is 9.11. The number of piperidine rings is 1. The van der Waals surface area contributed by atoms with Gasteiger partial charge in [0.1, 0.15) is 0 Å². The average Bonchev–Trinajstić information content (AvgIpc) is 2.18. The van der Waals surface area contributed by atoms with E-state index in [1.807, 2.05) is 0 Å². The number of hydrogen-bond donors (Lipinski definition) is 1. The zero-order chi connectivity index (χ0) is 9.68. The summed E-state index contributed by atoms with van der Waals surface area (Å²) < 4.78 is 17.9. The van der Waals surface area contributed by atoms with Crippen LogP contribution in [0.1, 0.15) is 26.2 Å². The topological polar surface area (TPSA) is 38.3 Å². The van der Waals surface area contributed by atoms with Crippen molar-refractivity contribution in [1.29, 1.82) is 0 Å². The van der Waals surface area contributed by atoms with Gasteiger partial charge in [0.2, 0.25) is 6.17 Å². The summed E-state index contributed by atoms with van der Waals surface area (Å²) in [6, 6.07) is -0.340. The van der Waals surface area contributed by atoms with E-state index in [9.17, 15) is 9.18 Å². The van der Waals surface area contributed by atoms with E-state index in [1.54, 1.807) is 6.92 Å². The molecule has 0 aromatic carbocycles. The molecule has 1 aliphatic rings. The Morgan fingerprint density at radius 3 is 2.86 bits per heavy atom. The van der Waals surface area contributed by atoms with Gasteiger partial charge in [0, 0.05) is 6.04 Å². The first-order valence-electron chi connectivity index (χ1n) is 4.79. The van der Waals surface area contributed by atoms with Gasteiger partial charge >= 0.3 is 5.97 Å². The molecule has 1 aliphatic heterocycles. The molecule has 0 aliphatic carbocycles. The third kappa shape index (κ3) is 3.80. The molecule has 2 unspecified atom stereocenters. The van der Waals surface area contributed by atoms with Gasteiger partial charge in [-0.3, -0.25) is 0 Å². The molecule has 0 bridgehead atoms. The van der Waals surface area contributed by atoms with E-state index in [1.165, 1.54) is 0 Å². The van der Waals surface area contributed by atoms with E-state index in [4.69, 9.17) is 0 Å². The Morgan fingerprint density at radius 2 is 2.36 bits per heavy atom. The van der Waals surface area contributed by atoms with Gasteiger partial charge in [-0.1, -0.05) is 6.42 Å². The molecule has 1 saturated heterocycles. The van der Waals surface area contributed by atoms with Crippen molar-refractivity contribution in [2.45, 2.75) is 38.4 Å². The second-order valence-corrected chi connectivity index (χ2v) is 3.21. The predicted octanol–water partition coefficient (Wildman–Crippen LogP) is 1.45. The van der Waals surface area contributed by atoms with Crippen LogP contribution in [0.15, 0.2) is 0 Å². The van der Waals surface area contributed by atoms with E-state index in [2.05, 4.69) is 10.1 Å². The molecule has 1 N–H and O–H groups in total. The Labute approximate surface area is 89.8 Å². The molecule has 1 heterocycles. The third-order valence-corrected chi connectivity index (χ3v) is 2.21. The van der Waals surface area contributed by atoms with Crippen molar-refractivity contribution in [3.05, 3.63) is 0 Å². The van der Waals surface area contributed by atoms with Gasteiger partial charge in [0.05, 0.1) is 6.61 Å². The van der Waals surface area contributed by atoms with Crippen LogP contribution in [0.4, 0.5) is 4.39 Å². The minimum absolute atomic E-state index is 0. The Balaban J connectivity index is 0.00000169. The molecule has 2 atom stereocenters. The Bertz CT molecular complexity index is 174. The molecule has 0 amide bonds. The zero-order valence-electron chi connectivity index (χ0n) is 8.29. The summed E-state index contributed by atoms with van der Waals surface area (Å²) in [4.78, 5) is 11.0. The molecule has 84 valence electrons. The van der Waals surface area contributed by atoms with Gasteiger partial charge in [0.25, 0.3) is 0 Å². The first-order chi connectivity index (χ1) is 6.25. The largest absolute Gasteiger partial charge is 0.464 e. The number of carbonyl (C=O) groups is 1. The number of esters is 1. The van der Waals surface area contributed by atoms with Crippen molar-refractivity contribution in [3.8, 4) is 0 Å². The lowest BCUT2D eigenvalue weighted by molar-refractivity contribution is -0.150. The van der Waals surface area contributed by atoms with Crippen LogP contribution in [0.25, 0.3) is 0 Å². The molecule has 0 radical (unpaired) electrons. The fourth-order valence-electron chi connectivity index (χ4n) is 1.51. The van der Waals surface area contributed by atoms with Crippen molar-refractivity contribution in [2.75, 3.05) is 13.2 Å². The lowest BCUT2D eigenvalue weighted by Crippen LogP contribution is -2.45. The summed E-state index contributed by atoms with van der Waals surface area (Å²) in [5, 5.41) is 2.98. The fraction of sp³-hybridized carbons (Fsp3) is 0.889. The number of ether oxygens (including phenoxy) is 1. The highest BCUT2D eigenvalue weighted by atomic mass is 35.5. The van der Waals surface area contributed by atoms with Crippen molar-refractivity contribution in [2.24, 2.45) is 0 Å². The van der Waals surface area contributed by atoms with E-state index in [0.29, 0.717) is 0 Å². The summed E-state index contributed by atoms with van der Waals surface area (Å²) in [7, 11) is 0. The van der Waals surface area contributed by atoms with E-state index in [0.717, 1.165) is 25.8 Å². The van der Waals surface area contributed by atoms with Gasteiger partial charge in [-0.2, -0.15) is 0 Å². The summed E-state index contributed by atoms with van der Waals surface area (Å²) in [5.74, 6) is -0.734. The maximum absolute atomic E-state index is 13.3. The van der Waals surface area contributed by atoms with Crippen molar-refractivity contribution < 1.29 is 13.9 Å². The normalized spacial score (nSPS) is 23.4. The minimum Gasteiger partial charge on any atom is -0.464 e. The van der Waals surface area contributed by atoms with Crippen LogP contribution in [-0.2, 0) is 9.53 Å². The molecule has 5 heteroatoms. The maximum atomic E-state index is 13.3. The second kappa shape index (κ2) is 7.01. The van der Waals surface area contributed by atoms with Crippen molar-refractivity contribution in [3.63, 3.8) is 0 Å². The van der Waals surface area contributed by atoms with Crippen LogP contribution in [0.5, 0.6) is 0 Å². The Morgan fingerprint density at radius 1 is 1.64 bits per heavy atom. The number of hydrogen-bond acceptors (Lipinski definition) is 3. The highest BCUT2D eigenvalue weighted by Gasteiger charge is 2.29. The molecular weight excluding hydrogens is 209 g/mol. The smallest absolute Gasteiger partial charge is 0.342 e. The first-order valence-corrected chi connectivity index (χ1v) is 4.79. The molecule has 1 rings (SSSR count). The van der Waals surface area contributed by atoms with Crippen LogP contribution in [0.2, 0.25) is 0 Å². The second-order valence-electron chi connectivity index (χ2n) is 3.21. The molecular formula is C9H17ClFNO2. The van der Waals surface area contributed by atoms with E-state index in [-0.39, 0.29) is 25.1 Å². The Kier molecular flexibility index (Phi) is 6.83. The number of nitrogens with one attached hydrogen (secondary N) is 1. The SMILES string of the molecule is CCOC(=O)C(F)C1CCCCN1.Cl. The van der Waals surface area contributed by atoms with Crippen LogP contribution < -0.4 is 5.32 Å². The van der Waals surface area contributed by atoms with Crippen LogP contribution in [0, 0.1) is 0 Å². The summed E-state index contributed by atoms with van der Waals surface area (Å²) in [6.07, 6.45) is 1.27. The molecule has 0 aromatic heterocycles. The van der Waals surface area contributed by atoms with E-state index < -0.39 is 12.1 Å². The monoisotopic (exact) mass is 225 g/mol. The van der Waals surface area contributed by atoms with Crippen molar-refractivity contribution in [1.82, 2.24) is 5.32 Å². The van der Waals surface area contributed by atoms with E-state index >= 15 is 0 Å². The lowest BCUT2D eigenvalue weighted by Gasteiger charge is -2.25. The summed E-state index contributed by atoms with van der Waals surface area (Å²) in [6.45, 7) is 2.72. The highest BCUT2D eigenvalue weighted by molar-refractivity contribution is 5.85. The molecule has 0 aromatic rings. The standard InChI is InChI=1S/C9H16FNO2.ClH/c1-2-13-9(12)8(10)7-5-3-4-6-11-7;/h7-8,11H,2-6H2,1H3;1H. The fourth-order valence-corrected chi connectivity index (χ4v) is 1.51. The summed E-state index contributed by atoms with van der Waals surface area (Å²) in [5.41, 5.74) is 0. The molecule has 14 heavy (non-hydrogen) atoms. The molecule has 1 fully saturated rings. The van der Waals surface area contributed by atoms with Crippen LogP contribution >= 0.6 is 12.4 Å². The van der Waals surface area contributed by atoms with Gasteiger partial charge in [-0.15, -0.1) is 12.4 Å². The number of alkyl halides is 1. The van der Waals surface area contributed by atoms with Gasteiger partial charge < -0.3 is 10.1 Å².